The molecule has 0 aromatic heterocycles. The summed E-state index contributed by atoms with van der Waals surface area (Å²) in [7, 11) is 0. The summed E-state index contributed by atoms with van der Waals surface area (Å²) >= 11 is 5.77. The highest BCUT2D eigenvalue weighted by Gasteiger charge is 2.12. The number of nitrogens with zero attached hydrogens (tertiary/aromatic N) is 1. The minimum absolute atomic E-state index is 0.113. The van der Waals surface area contributed by atoms with Gasteiger partial charge in [-0.3, -0.25) is 10.1 Å². The molecule has 2 aromatic rings. The number of anilines is 1. The van der Waals surface area contributed by atoms with E-state index in [1.165, 1.54) is 12.1 Å². The van der Waals surface area contributed by atoms with E-state index in [1.807, 2.05) is 26.0 Å². The smallest absolute Gasteiger partial charge is 0.289 e. The summed E-state index contributed by atoms with van der Waals surface area (Å²) in [6.07, 6.45) is 0. The molecule has 0 radical (unpaired) electrons. The van der Waals surface area contributed by atoms with Gasteiger partial charge in [0, 0.05) is 18.3 Å². The maximum absolute atomic E-state index is 10.8. The van der Waals surface area contributed by atoms with Gasteiger partial charge in [0.1, 0.15) is 10.8 Å². The molecule has 0 aliphatic carbocycles. The first-order valence-electron chi connectivity index (χ1n) is 6.35. The number of rotatable bonds is 4. The predicted molar refractivity (Wildman–Crippen MR) is 83.0 cm³/mol. The van der Waals surface area contributed by atoms with Crippen molar-refractivity contribution in [2.75, 3.05) is 5.32 Å². The van der Waals surface area contributed by atoms with Crippen LogP contribution in [0.15, 0.2) is 30.3 Å². The number of aromatic hydroxyl groups is 1. The van der Waals surface area contributed by atoms with Crippen molar-refractivity contribution in [2.45, 2.75) is 20.4 Å². The molecular formula is C15H15ClN2O3. The zero-order chi connectivity index (χ0) is 15.6. The van der Waals surface area contributed by atoms with Crippen LogP contribution in [0.5, 0.6) is 5.75 Å². The first-order chi connectivity index (χ1) is 9.88. The van der Waals surface area contributed by atoms with Crippen molar-refractivity contribution in [3.05, 3.63) is 62.2 Å². The van der Waals surface area contributed by atoms with Crippen LogP contribution in [0.25, 0.3) is 0 Å². The van der Waals surface area contributed by atoms with Crippen molar-refractivity contribution in [2.24, 2.45) is 0 Å². The summed E-state index contributed by atoms with van der Waals surface area (Å²) in [5, 5.41) is 23.8. The highest BCUT2D eigenvalue weighted by Crippen LogP contribution is 2.28. The van der Waals surface area contributed by atoms with Gasteiger partial charge in [0.25, 0.3) is 5.69 Å². The van der Waals surface area contributed by atoms with Crippen LogP contribution in [0, 0.1) is 24.0 Å². The average molecular weight is 307 g/mol. The fraction of sp³-hybridized carbons (Fsp3) is 0.200. The zero-order valence-corrected chi connectivity index (χ0v) is 12.4. The molecule has 6 heteroatoms. The van der Waals surface area contributed by atoms with Gasteiger partial charge in [-0.1, -0.05) is 23.7 Å². The third-order valence-corrected chi connectivity index (χ3v) is 3.51. The van der Waals surface area contributed by atoms with Gasteiger partial charge in [-0.2, -0.15) is 0 Å². The number of hydrogen-bond acceptors (Lipinski definition) is 4. The second-order valence-electron chi connectivity index (χ2n) is 4.86. The Hall–Kier alpha value is -2.27. The van der Waals surface area contributed by atoms with Crippen molar-refractivity contribution in [3.8, 4) is 5.75 Å². The van der Waals surface area contributed by atoms with Gasteiger partial charge in [0.2, 0.25) is 0 Å². The fourth-order valence-corrected chi connectivity index (χ4v) is 2.30. The van der Waals surface area contributed by atoms with Crippen LogP contribution in [-0.2, 0) is 6.54 Å². The number of phenolic OH excluding ortho intramolecular Hbond substituents is 1. The quantitative estimate of drug-likeness (QED) is 0.656. The van der Waals surface area contributed by atoms with E-state index < -0.39 is 4.92 Å². The number of nitro groups is 1. The molecule has 0 saturated heterocycles. The van der Waals surface area contributed by atoms with Gasteiger partial charge < -0.3 is 10.4 Å². The van der Waals surface area contributed by atoms with E-state index in [9.17, 15) is 15.2 Å². The second-order valence-corrected chi connectivity index (χ2v) is 5.26. The molecule has 0 bridgehead atoms. The standard InChI is InChI=1S/C15H15ClN2O3/c1-9-5-11(6-10(2)15(9)19)8-17-12-3-4-13(16)14(7-12)18(20)21/h3-7,17,19H,8H2,1-2H3. The number of halogens is 1. The Morgan fingerprint density at radius 2 is 1.86 bits per heavy atom. The molecule has 0 saturated carbocycles. The molecule has 2 aromatic carbocycles. The minimum atomic E-state index is -0.512. The highest BCUT2D eigenvalue weighted by atomic mass is 35.5. The minimum Gasteiger partial charge on any atom is -0.507 e. The Morgan fingerprint density at radius 3 is 2.43 bits per heavy atom. The summed E-state index contributed by atoms with van der Waals surface area (Å²) in [6, 6.07) is 8.34. The van der Waals surface area contributed by atoms with E-state index >= 15 is 0 Å². The molecule has 0 aliphatic rings. The third kappa shape index (κ3) is 3.44. The Balaban J connectivity index is 2.17. The molecule has 0 atom stereocenters. The first kappa shape index (κ1) is 15.1. The van der Waals surface area contributed by atoms with Crippen molar-refractivity contribution in [1.29, 1.82) is 0 Å². The van der Waals surface area contributed by atoms with Gasteiger partial charge in [-0.25, -0.2) is 0 Å². The number of hydrogen-bond donors (Lipinski definition) is 2. The van der Waals surface area contributed by atoms with Crippen molar-refractivity contribution >= 4 is 23.0 Å². The average Bonchev–Trinajstić information content (AvgIpc) is 2.43. The number of nitro benzene ring substituents is 1. The molecule has 0 fully saturated rings. The van der Waals surface area contributed by atoms with Gasteiger partial charge in [-0.15, -0.1) is 0 Å². The number of aryl methyl sites for hydroxylation is 2. The summed E-state index contributed by atoms with van der Waals surface area (Å²) in [4.78, 5) is 10.3. The van der Waals surface area contributed by atoms with Crippen LogP contribution in [0.3, 0.4) is 0 Å². The third-order valence-electron chi connectivity index (χ3n) is 3.19. The Bertz CT molecular complexity index is 678. The largest absolute Gasteiger partial charge is 0.507 e. The summed E-state index contributed by atoms with van der Waals surface area (Å²) in [5.74, 6) is 0.292. The summed E-state index contributed by atoms with van der Waals surface area (Å²) in [6.45, 7) is 4.17. The van der Waals surface area contributed by atoms with Crippen LogP contribution in [-0.4, -0.2) is 10.0 Å². The molecule has 21 heavy (non-hydrogen) atoms. The van der Waals surface area contributed by atoms with E-state index in [-0.39, 0.29) is 10.7 Å². The number of phenols is 1. The van der Waals surface area contributed by atoms with E-state index in [2.05, 4.69) is 5.32 Å². The van der Waals surface area contributed by atoms with E-state index in [0.29, 0.717) is 18.0 Å². The van der Waals surface area contributed by atoms with Gasteiger partial charge >= 0.3 is 0 Å². The van der Waals surface area contributed by atoms with Gasteiger partial charge in [0.05, 0.1) is 4.92 Å². The maximum Gasteiger partial charge on any atom is 0.289 e. The molecule has 0 aliphatic heterocycles. The lowest BCUT2D eigenvalue weighted by molar-refractivity contribution is -0.384. The van der Waals surface area contributed by atoms with Crippen molar-refractivity contribution in [1.82, 2.24) is 0 Å². The van der Waals surface area contributed by atoms with Crippen molar-refractivity contribution < 1.29 is 10.0 Å². The lowest BCUT2D eigenvalue weighted by atomic mass is 10.1. The Labute approximate surface area is 127 Å². The SMILES string of the molecule is Cc1cc(CNc2ccc(Cl)c([N+](=O)[O-])c2)cc(C)c1O. The lowest BCUT2D eigenvalue weighted by Gasteiger charge is -2.10. The highest BCUT2D eigenvalue weighted by molar-refractivity contribution is 6.32. The zero-order valence-electron chi connectivity index (χ0n) is 11.7. The normalized spacial score (nSPS) is 10.4. The first-order valence-corrected chi connectivity index (χ1v) is 6.73. The molecule has 2 N–H and O–H groups in total. The molecule has 110 valence electrons. The number of benzene rings is 2. The summed E-state index contributed by atoms with van der Waals surface area (Å²) < 4.78 is 0. The van der Waals surface area contributed by atoms with Crippen LogP contribution >= 0.6 is 11.6 Å². The van der Waals surface area contributed by atoms with Crippen LogP contribution in [0.1, 0.15) is 16.7 Å². The molecule has 2 rings (SSSR count). The molecule has 0 unspecified atom stereocenters. The lowest BCUT2D eigenvalue weighted by Crippen LogP contribution is -2.01. The van der Waals surface area contributed by atoms with E-state index in [1.54, 1.807) is 6.07 Å². The Morgan fingerprint density at radius 1 is 1.24 bits per heavy atom. The van der Waals surface area contributed by atoms with Crippen LogP contribution < -0.4 is 5.32 Å². The maximum atomic E-state index is 10.8. The monoisotopic (exact) mass is 306 g/mol. The summed E-state index contributed by atoms with van der Waals surface area (Å²) in [5.41, 5.74) is 3.08. The van der Waals surface area contributed by atoms with Crippen LogP contribution in [0.2, 0.25) is 5.02 Å². The number of nitrogens with one attached hydrogen (secondary N) is 1. The van der Waals surface area contributed by atoms with Gasteiger partial charge in [0.15, 0.2) is 0 Å². The predicted octanol–water partition coefficient (Wildman–Crippen LogP) is 4.18. The molecule has 0 spiro atoms. The molecule has 5 nitrogen and oxygen atoms in total. The molecule has 0 heterocycles. The fourth-order valence-electron chi connectivity index (χ4n) is 2.11. The Kier molecular flexibility index (Phi) is 4.33. The van der Waals surface area contributed by atoms with E-state index in [0.717, 1.165) is 16.7 Å². The van der Waals surface area contributed by atoms with Gasteiger partial charge in [-0.05, 0) is 42.7 Å². The van der Waals surface area contributed by atoms with E-state index in [4.69, 9.17) is 11.6 Å². The molecule has 0 amide bonds. The van der Waals surface area contributed by atoms with Crippen molar-refractivity contribution in [3.63, 3.8) is 0 Å². The topological polar surface area (TPSA) is 75.4 Å². The second kappa shape index (κ2) is 6.01. The van der Waals surface area contributed by atoms with Crippen LogP contribution in [0.4, 0.5) is 11.4 Å². The molecular weight excluding hydrogens is 292 g/mol.